The fourth-order valence-corrected chi connectivity index (χ4v) is 3.29. The fourth-order valence-electron chi connectivity index (χ4n) is 3.29. The second kappa shape index (κ2) is 7.75. The fraction of sp³-hybridized carbons (Fsp3) is 0.174. The van der Waals surface area contributed by atoms with E-state index in [2.05, 4.69) is 40.6 Å². The number of nitrogens with one attached hydrogen (secondary N) is 2. The first-order valence-electron chi connectivity index (χ1n) is 9.55. The van der Waals surface area contributed by atoms with Gasteiger partial charge in [0.15, 0.2) is 0 Å². The van der Waals surface area contributed by atoms with Crippen molar-refractivity contribution in [1.82, 2.24) is 14.8 Å². The van der Waals surface area contributed by atoms with Gasteiger partial charge in [-0.2, -0.15) is 5.10 Å². The summed E-state index contributed by atoms with van der Waals surface area (Å²) >= 11 is 0. The molecule has 2 aromatic heterocycles. The highest BCUT2D eigenvalue weighted by molar-refractivity contribution is 6.00. The van der Waals surface area contributed by atoms with Crippen LogP contribution in [0.4, 0.5) is 16.2 Å². The second-order valence-corrected chi connectivity index (χ2v) is 7.32. The molecule has 0 unspecified atom stereocenters. The number of carbonyl (C=O) groups is 1. The van der Waals surface area contributed by atoms with Crippen LogP contribution in [0.2, 0.25) is 0 Å². The lowest BCUT2D eigenvalue weighted by atomic mass is 10.0. The zero-order chi connectivity index (χ0) is 20.4. The third-order valence-electron chi connectivity index (χ3n) is 4.94. The van der Waals surface area contributed by atoms with E-state index in [1.54, 1.807) is 10.9 Å². The molecule has 0 saturated carbocycles. The van der Waals surface area contributed by atoms with E-state index in [0.717, 1.165) is 33.4 Å². The molecular formula is C23H23N5O. The van der Waals surface area contributed by atoms with Gasteiger partial charge >= 0.3 is 6.03 Å². The molecule has 2 heterocycles. The van der Waals surface area contributed by atoms with E-state index in [4.69, 9.17) is 0 Å². The molecule has 4 rings (SSSR count). The average molecular weight is 385 g/mol. The zero-order valence-electron chi connectivity index (χ0n) is 16.7. The normalized spacial score (nSPS) is 11.0. The number of carbonyl (C=O) groups excluding carboxylic acids is 1. The number of hydrogen-bond donors (Lipinski definition) is 2. The molecule has 0 fully saturated rings. The Morgan fingerprint density at radius 2 is 1.72 bits per heavy atom. The van der Waals surface area contributed by atoms with E-state index in [1.807, 2.05) is 61.9 Å². The lowest BCUT2D eigenvalue weighted by Gasteiger charge is -2.11. The monoisotopic (exact) mass is 385 g/mol. The highest BCUT2D eigenvalue weighted by Gasteiger charge is 2.09. The number of urea groups is 1. The predicted molar refractivity (Wildman–Crippen MR) is 117 cm³/mol. The van der Waals surface area contributed by atoms with Gasteiger partial charge in [-0.25, -0.2) is 4.79 Å². The van der Waals surface area contributed by atoms with Gasteiger partial charge in [-0.1, -0.05) is 38.1 Å². The van der Waals surface area contributed by atoms with Gasteiger partial charge in [-0.3, -0.25) is 9.67 Å². The van der Waals surface area contributed by atoms with Crippen molar-refractivity contribution in [3.63, 3.8) is 0 Å². The minimum absolute atomic E-state index is 0.269. The number of hydrogen-bond acceptors (Lipinski definition) is 3. The van der Waals surface area contributed by atoms with Crippen LogP contribution in [0.3, 0.4) is 0 Å². The highest BCUT2D eigenvalue weighted by atomic mass is 16.2. The maximum atomic E-state index is 12.4. The largest absolute Gasteiger partial charge is 0.323 e. The Hall–Kier alpha value is -3.67. The number of amides is 2. The van der Waals surface area contributed by atoms with Crippen LogP contribution in [0.15, 0.2) is 67.1 Å². The number of aryl methyl sites for hydroxylation is 1. The summed E-state index contributed by atoms with van der Waals surface area (Å²) in [6, 6.07) is 15.3. The van der Waals surface area contributed by atoms with Crippen molar-refractivity contribution in [2.75, 3.05) is 10.6 Å². The van der Waals surface area contributed by atoms with Crippen LogP contribution in [0, 0.1) is 0 Å². The van der Waals surface area contributed by atoms with E-state index in [9.17, 15) is 4.79 Å². The van der Waals surface area contributed by atoms with Crippen molar-refractivity contribution in [2.24, 2.45) is 7.05 Å². The van der Waals surface area contributed by atoms with Gasteiger partial charge < -0.3 is 10.6 Å². The maximum absolute atomic E-state index is 12.4. The van der Waals surface area contributed by atoms with Gasteiger partial charge in [-0.15, -0.1) is 0 Å². The lowest BCUT2D eigenvalue weighted by molar-refractivity contribution is 0.262. The zero-order valence-corrected chi connectivity index (χ0v) is 16.7. The van der Waals surface area contributed by atoms with Crippen LogP contribution in [0.1, 0.15) is 25.3 Å². The second-order valence-electron chi connectivity index (χ2n) is 7.32. The van der Waals surface area contributed by atoms with Crippen LogP contribution >= 0.6 is 0 Å². The number of nitrogens with zero attached hydrogens (tertiary/aromatic N) is 3. The minimum atomic E-state index is -0.269. The SMILES string of the molecule is CC(C)c1cccc(NC(=O)Nc2ccc(-c3cncc4c3cnn4C)cc2)c1. The van der Waals surface area contributed by atoms with Gasteiger partial charge in [0.25, 0.3) is 0 Å². The summed E-state index contributed by atoms with van der Waals surface area (Å²) < 4.78 is 1.81. The molecule has 0 aliphatic rings. The van der Waals surface area contributed by atoms with Crippen molar-refractivity contribution >= 4 is 28.3 Å². The molecule has 0 atom stereocenters. The summed E-state index contributed by atoms with van der Waals surface area (Å²) in [5, 5.41) is 11.1. The van der Waals surface area contributed by atoms with Gasteiger partial charge in [0.2, 0.25) is 0 Å². The molecule has 0 aliphatic carbocycles. The average Bonchev–Trinajstić information content (AvgIpc) is 3.10. The summed E-state index contributed by atoms with van der Waals surface area (Å²) in [7, 11) is 1.90. The Balaban J connectivity index is 1.48. The molecule has 6 nitrogen and oxygen atoms in total. The molecule has 0 bridgehead atoms. The summed E-state index contributed by atoms with van der Waals surface area (Å²) in [5.74, 6) is 0.408. The third-order valence-corrected chi connectivity index (χ3v) is 4.94. The van der Waals surface area contributed by atoms with E-state index in [0.29, 0.717) is 5.92 Å². The number of anilines is 2. The molecule has 2 N–H and O–H groups in total. The van der Waals surface area contributed by atoms with Gasteiger partial charge in [0, 0.05) is 35.6 Å². The molecule has 0 saturated heterocycles. The molecular weight excluding hydrogens is 362 g/mol. The van der Waals surface area contributed by atoms with Crippen molar-refractivity contribution in [3.05, 3.63) is 72.7 Å². The topological polar surface area (TPSA) is 71.8 Å². The lowest BCUT2D eigenvalue weighted by Crippen LogP contribution is -2.19. The number of benzene rings is 2. The van der Waals surface area contributed by atoms with E-state index in [-0.39, 0.29) is 6.03 Å². The van der Waals surface area contributed by atoms with Crippen molar-refractivity contribution in [3.8, 4) is 11.1 Å². The van der Waals surface area contributed by atoms with Crippen LogP contribution < -0.4 is 10.6 Å². The molecule has 146 valence electrons. The summed E-state index contributed by atoms with van der Waals surface area (Å²) in [6.45, 7) is 4.25. The number of rotatable bonds is 4. The summed E-state index contributed by atoms with van der Waals surface area (Å²) in [5.41, 5.74) is 5.69. The molecule has 2 aromatic carbocycles. The molecule has 29 heavy (non-hydrogen) atoms. The number of aromatic nitrogens is 3. The maximum Gasteiger partial charge on any atom is 0.323 e. The Morgan fingerprint density at radius 1 is 0.966 bits per heavy atom. The van der Waals surface area contributed by atoms with Crippen LogP contribution in [-0.4, -0.2) is 20.8 Å². The summed E-state index contributed by atoms with van der Waals surface area (Å²) in [6.07, 6.45) is 5.48. The molecule has 4 aromatic rings. The number of pyridine rings is 1. The van der Waals surface area contributed by atoms with Gasteiger partial charge in [-0.05, 0) is 41.3 Å². The first-order valence-corrected chi connectivity index (χ1v) is 9.55. The van der Waals surface area contributed by atoms with E-state index in [1.165, 1.54) is 5.56 Å². The molecule has 2 amide bonds. The molecule has 0 aliphatic heterocycles. The molecule has 0 radical (unpaired) electrons. The molecule has 6 heteroatoms. The Bertz CT molecular complexity index is 1160. The number of fused-ring (bicyclic) bond motifs is 1. The van der Waals surface area contributed by atoms with Crippen molar-refractivity contribution < 1.29 is 4.79 Å². The van der Waals surface area contributed by atoms with Gasteiger partial charge in [0.1, 0.15) is 0 Å². The first kappa shape index (κ1) is 18.7. The Morgan fingerprint density at radius 3 is 2.48 bits per heavy atom. The quantitative estimate of drug-likeness (QED) is 0.494. The van der Waals surface area contributed by atoms with Crippen LogP contribution in [-0.2, 0) is 7.05 Å². The Kier molecular flexibility index (Phi) is 4.99. The predicted octanol–water partition coefficient (Wildman–Crippen LogP) is 5.40. The summed E-state index contributed by atoms with van der Waals surface area (Å²) in [4.78, 5) is 16.7. The Labute approximate surface area is 169 Å². The van der Waals surface area contributed by atoms with Crippen molar-refractivity contribution in [1.29, 1.82) is 0 Å². The van der Waals surface area contributed by atoms with Crippen LogP contribution in [0.25, 0.3) is 22.0 Å². The van der Waals surface area contributed by atoms with E-state index >= 15 is 0 Å². The highest BCUT2D eigenvalue weighted by Crippen LogP contribution is 2.28. The van der Waals surface area contributed by atoms with Gasteiger partial charge in [0.05, 0.1) is 17.9 Å². The van der Waals surface area contributed by atoms with E-state index < -0.39 is 0 Å². The smallest absolute Gasteiger partial charge is 0.308 e. The minimum Gasteiger partial charge on any atom is -0.308 e. The standard InChI is InChI=1S/C23H23N5O/c1-15(2)17-5-4-6-19(11-17)27-23(29)26-18-9-7-16(8-10-18)20-12-24-14-22-21(20)13-25-28(22)3/h4-15H,1-3H3,(H2,26,27,29). The van der Waals surface area contributed by atoms with Crippen LogP contribution in [0.5, 0.6) is 0 Å². The molecule has 0 spiro atoms. The van der Waals surface area contributed by atoms with Crippen molar-refractivity contribution in [2.45, 2.75) is 19.8 Å². The first-order chi connectivity index (χ1) is 14.0. The third kappa shape index (κ3) is 3.96.